The quantitative estimate of drug-likeness (QED) is 0.458. The van der Waals surface area contributed by atoms with Gasteiger partial charge in [-0.1, -0.05) is 23.7 Å². The van der Waals surface area contributed by atoms with Crippen molar-refractivity contribution in [1.29, 1.82) is 5.26 Å². The van der Waals surface area contributed by atoms with Crippen LogP contribution in [0.1, 0.15) is 11.1 Å². The molecule has 0 saturated carbocycles. The maximum absolute atomic E-state index is 12.9. The van der Waals surface area contributed by atoms with Crippen molar-refractivity contribution >= 4 is 29.0 Å². The number of nitrogens with one attached hydrogen (secondary N) is 2. The van der Waals surface area contributed by atoms with Crippen molar-refractivity contribution in [1.82, 2.24) is 0 Å². The first kappa shape index (κ1) is 21.0. The average molecular weight is 432 g/mol. The van der Waals surface area contributed by atoms with Crippen molar-refractivity contribution in [3.8, 4) is 22.9 Å². The fourth-order valence-corrected chi connectivity index (χ4v) is 2.95. The van der Waals surface area contributed by atoms with Gasteiger partial charge in [0.05, 0.1) is 22.2 Å². The SMILES string of the molecule is N#Cc1cc(O)ccc1-c1ccc(NC(=O)Nc2ccc(Cl)c(C(F)(F)F)c2)cc1. The minimum absolute atomic E-state index is 0.0267. The van der Waals surface area contributed by atoms with Crippen LogP contribution in [-0.2, 0) is 6.18 Å². The Kier molecular flexibility index (Phi) is 5.85. The van der Waals surface area contributed by atoms with E-state index in [-0.39, 0.29) is 17.0 Å². The molecule has 0 saturated heterocycles. The van der Waals surface area contributed by atoms with E-state index in [1.165, 1.54) is 18.2 Å². The Morgan fingerprint density at radius 1 is 0.967 bits per heavy atom. The summed E-state index contributed by atoms with van der Waals surface area (Å²) in [6.07, 6.45) is -4.64. The highest BCUT2D eigenvalue weighted by atomic mass is 35.5. The second kappa shape index (κ2) is 8.35. The Labute approximate surface area is 174 Å². The lowest BCUT2D eigenvalue weighted by Crippen LogP contribution is -2.19. The number of urea groups is 1. The summed E-state index contributed by atoms with van der Waals surface area (Å²) >= 11 is 5.56. The summed E-state index contributed by atoms with van der Waals surface area (Å²) in [6, 6.07) is 15.2. The smallest absolute Gasteiger partial charge is 0.417 e. The Hall–Kier alpha value is -3.70. The van der Waals surface area contributed by atoms with E-state index >= 15 is 0 Å². The first-order valence-electron chi connectivity index (χ1n) is 8.45. The monoisotopic (exact) mass is 431 g/mol. The summed E-state index contributed by atoms with van der Waals surface area (Å²) in [5, 5.41) is 23.0. The molecule has 0 spiro atoms. The molecule has 0 unspecified atom stereocenters. The number of aromatic hydroxyl groups is 1. The maximum atomic E-state index is 12.9. The van der Waals surface area contributed by atoms with Crippen LogP contribution in [0.4, 0.5) is 29.3 Å². The lowest BCUT2D eigenvalue weighted by atomic mass is 10.00. The number of hydrogen-bond donors (Lipinski definition) is 3. The van der Waals surface area contributed by atoms with Crippen LogP contribution < -0.4 is 10.6 Å². The molecule has 0 aromatic heterocycles. The van der Waals surface area contributed by atoms with Gasteiger partial charge in [-0.3, -0.25) is 0 Å². The summed E-state index contributed by atoms with van der Waals surface area (Å²) in [6.45, 7) is 0. The number of alkyl halides is 3. The lowest BCUT2D eigenvalue weighted by molar-refractivity contribution is -0.137. The van der Waals surface area contributed by atoms with E-state index in [1.54, 1.807) is 30.3 Å². The number of phenolic OH excluding ortho intramolecular Hbond substituents is 1. The van der Waals surface area contributed by atoms with Crippen molar-refractivity contribution < 1.29 is 23.1 Å². The lowest BCUT2D eigenvalue weighted by Gasteiger charge is -2.12. The molecule has 3 aromatic carbocycles. The number of halogens is 4. The second-order valence-electron chi connectivity index (χ2n) is 6.19. The zero-order valence-corrected chi connectivity index (χ0v) is 15.8. The molecule has 0 radical (unpaired) electrons. The summed E-state index contributed by atoms with van der Waals surface area (Å²) in [7, 11) is 0. The number of anilines is 2. The molecule has 0 aliphatic heterocycles. The molecule has 0 bridgehead atoms. The van der Waals surface area contributed by atoms with Crippen LogP contribution in [0.15, 0.2) is 60.7 Å². The van der Waals surface area contributed by atoms with Crippen LogP contribution in [0.25, 0.3) is 11.1 Å². The molecule has 5 nitrogen and oxygen atoms in total. The number of carbonyl (C=O) groups excluding carboxylic acids is 1. The van der Waals surface area contributed by atoms with Gasteiger partial charge in [0.25, 0.3) is 0 Å². The van der Waals surface area contributed by atoms with E-state index in [0.29, 0.717) is 16.8 Å². The van der Waals surface area contributed by atoms with Gasteiger partial charge in [0.15, 0.2) is 0 Å². The van der Waals surface area contributed by atoms with Gasteiger partial charge < -0.3 is 15.7 Å². The Morgan fingerprint density at radius 2 is 1.60 bits per heavy atom. The number of benzene rings is 3. The van der Waals surface area contributed by atoms with Crippen LogP contribution >= 0.6 is 11.6 Å². The first-order valence-corrected chi connectivity index (χ1v) is 8.83. The van der Waals surface area contributed by atoms with Gasteiger partial charge in [-0.15, -0.1) is 0 Å². The summed E-state index contributed by atoms with van der Waals surface area (Å²) < 4.78 is 38.8. The molecule has 0 heterocycles. The van der Waals surface area contributed by atoms with Crippen LogP contribution in [0.3, 0.4) is 0 Å². The number of phenols is 1. The predicted octanol–water partition coefficient (Wildman–Crippen LogP) is 6.25. The maximum Gasteiger partial charge on any atom is 0.417 e. The molecular weight excluding hydrogens is 419 g/mol. The molecule has 30 heavy (non-hydrogen) atoms. The molecule has 9 heteroatoms. The number of nitriles is 1. The van der Waals surface area contributed by atoms with E-state index in [4.69, 9.17) is 11.6 Å². The molecule has 152 valence electrons. The summed E-state index contributed by atoms with van der Waals surface area (Å²) in [5.74, 6) is -0.0267. The summed E-state index contributed by atoms with van der Waals surface area (Å²) in [5.41, 5.74) is 0.851. The fourth-order valence-electron chi connectivity index (χ4n) is 2.72. The molecule has 2 amide bonds. The number of nitrogens with zero attached hydrogens (tertiary/aromatic N) is 1. The standard InChI is InChI=1S/C21H13ClF3N3O2/c22-19-8-5-15(10-18(19)21(23,24)25)28-20(30)27-14-3-1-12(2-4-14)17-7-6-16(29)9-13(17)11-26/h1-10,29H,(H2,27,28,30). The van der Waals surface area contributed by atoms with Gasteiger partial charge >= 0.3 is 12.2 Å². The van der Waals surface area contributed by atoms with E-state index in [2.05, 4.69) is 10.6 Å². The highest BCUT2D eigenvalue weighted by Crippen LogP contribution is 2.36. The molecule has 0 atom stereocenters. The van der Waals surface area contributed by atoms with Gasteiger partial charge in [-0.2, -0.15) is 18.4 Å². The van der Waals surface area contributed by atoms with Gasteiger partial charge in [-0.25, -0.2) is 4.79 Å². The molecule has 0 fully saturated rings. The third-order valence-corrected chi connectivity index (χ3v) is 4.44. The van der Waals surface area contributed by atoms with E-state index in [0.717, 1.165) is 12.1 Å². The topological polar surface area (TPSA) is 85.2 Å². The molecule has 3 N–H and O–H groups in total. The highest BCUT2D eigenvalue weighted by molar-refractivity contribution is 6.31. The number of rotatable bonds is 3. The van der Waals surface area contributed by atoms with Gasteiger partial charge in [0.2, 0.25) is 0 Å². The van der Waals surface area contributed by atoms with E-state index in [1.807, 2.05) is 6.07 Å². The van der Waals surface area contributed by atoms with E-state index < -0.39 is 22.8 Å². The van der Waals surface area contributed by atoms with Crippen molar-refractivity contribution in [2.75, 3.05) is 10.6 Å². The molecule has 3 aromatic rings. The summed E-state index contributed by atoms with van der Waals surface area (Å²) in [4.78, 5) is 12.1. The number of hydrogen-bond acceptors (Lipinski definition) is 3. The average Bonchev–Trinajstić information content (AvgIpc) is 2.69. The van der Waals surface area contributed by atoms with Crippen LogP contribution in [0.5, 0.6) is 5.75 Å². The normalized spacial score (nSPS) is 10.9. The molecular formula is C21H13ClF3N3O2. The predicted molar refractivity (Wildman–Crippen MR) is 107 cm³/mol. The van der Waals surface area contributed by atoms with Gasteiger partial charge in [-0.05, 0) is 59.7 Å². The van der Waals surface area contributed by atoms with Crippen molar-refractivity contribution in [2.24, 2.45) is 0 Å². The second-order valence-corrected chi connectivity index (χ2v) is 6.60. The van der Waals surface area contributed by atoms with E-state index in [9.17, 15) is 28.3 Å². The first-order chi connectivity index (χ1) is 14.2. The third-order valence-electron chi connectivity index (χ3n) is 4.11. The Balaban J connectivity index is 1.72. The molecule has 0 aliphatic rings. The minimum Gasteiger partial charge on any atom is -0.508 e. The fraction of sp³-hybridized carbons (Fsp3) is 0.0476. The van der Waals surface area contributed by atoms with Crippen molar-refractivity contribution in [3.05, 3.63) is 76.8 Å². The zero-order chi connectivity index (χ0) is 21.9. The van der Waals surface area contributed by atoms with Gasteiger partial charge in [0.1, 0.15) is 5.75 Å². The van der Waals surface area contributed by atoms with Crippen LogP contribution in [0, 0.1) is 11.3 Å². The minimum atomic E-state index is -4.64. The van der Waals surface area contributed by atoms with Crippen LogP contribution in [-0.4, -0.2) is 11.1 Å². The molecule has 3 rings (SSSR count). The largest absolute Gasteiger partial charge is 0.508 e. The molecule has 0 aliphatic carbocycles. The highest BCUT2D eigenvalue weighted by Gasteiger charge is 2.33. The van der Waals surface area contributed by atoms with Crippen LogP contribution in [0.2, 0.25) is 5.02 Å². The number of amides is 2. The Morgan fingerprint density at radius 3 is 2.23 bits per heavy atom. The van der Waals surface area contributed by atoms with Gasteiger partial charge in [0, 0.05) is 11.4 Å². The Bertz CT molecular complexity index is 1140. The van der Waals surface area contributed by atoms with Crippen molar-refractivity contribution in [3.63, 3.8) is 0 Å². The number of carbonyl (C=O) groups is 1. The van der Waals surface area contributed by atoms with Crippen molar-refractivity contribution in [2.45, 2.75) is 6.18 Å². The third kappa shape index (κ3) is 4.82. The zero-order valence-electron chi connectivity index (χ0n) is 15.1.